The maximum absolute atomic E-state index is 12.1. The van der Waals surface area contributed by atoms with Crippen LogP contribution in [0.25, 0.3) is 0 Å². The maximum Gasteiger partial charge on any atom is 0.252 e. The molecule has 4 nitrogen and oxygen atoms in total. The molecule has 0 atom stereocenters. The number of benzene rings is 1. The highest BCUT2D eigenvalue weighted by atomic mass is 127. The van der Waals surface area contributed by atoms with Crippen LogP contribution in [0.2, 0.25) is 0 Å². The molecule has 19 heavy (non-hydrogen) atoms. The van der Waals surface area contributed by atoms with Crippen LogP contribution in [0.4, 0.5) is 0 Å². The lowest BCUT2D eigenvalue weighted by atomic mass is 10.1. The zero-order chi connectivity index (χ0) is 14.0. The van der Waals surface area contributed by atoms with E-state index in [0.29, 0.717) is 18.0 Å². The van der Waals surface area contributed by atoms with Crippen molar-refractivity contribution in [1.82, 2.24) is 10.3 Å². The molecular formula is C14H15IN2O2. The summed E-state index contributed by atoms with van der Waals surface area (Å²) in [5, 5.41) is 2.82. The number of carbonyl (C=O) groups is 1. The molecule has 0 aliphatic carbocycles. The minimum atomic E-state index is -0.110. The summed E-state index contributed by atoms with van der Waals surface area (Å²) in [7, 11) is 0. The summed E-state index contributed by atoms with van der Waals surface area (Å²) in [6, 6.07) is 5.68. The van der Waals surface area contributed by atoms with Gasteiger partial charge in [-0.05, 0) is 55.0 Å². The molecule has 100 valence electrons. The molecule has 0 fully saturated rings. The van der Waals surface area contributed by atoms with Gasteiger partial charge in [0.25, 0.3) is 5.91 Å². The number of nitrogens with zero attached hydrogens (tertiary/aromatic N) is 1. The number of hydrogen-bond donors (Lipinski definition) is 1. The van der Waals surface area contributed by atoms with Gasteiger partial charge in [0, 0.05) is 3.57 Å². The molecule has 5 heteroatoms. The lowest BCUT2D eigenvalue weighted by Gasteiger charge is -2.07. The average molecular weight is 370 g/mol. The van der Waals surface area contributed by atoms with E-state index in [4.69, 9.17) is 4.42 Å². The molecule has 0 aliphatic rings. The number of rotatable bonds is 3. The number of amides is 1. The van der Waals surface area contributed by atoms with Crippen molar-refractivity contribution in [1.29, 1.82) is 0 Å². The lowest BCUT2D eigenvalue weighted by Crippen LogP contribution is -2.24. The molecule has 1 heterocycles. The summed E-state index contributed by atoms with van der Waals surface area (Å²) in [5.74, 6) is 1.21. The van der Waals surface area contributed by atoms with Crippen LogP contribution < -0.4 is 5.32 Å². The fourth-order valence-corrected chi connectivity index (χ4v) is 2.29. The van der Waals surface area contributed by atoms with Crippen LogP contribution in [0.3, 0.4) is 0 Å². The Morgan fingerprint density at radius 3 is 2.74 bits per heavy atom. The van der Waals surface area contributed by atoms with Crippen LogP contribution in [0.1, 0.15) is 33.3 Å². The molecule has 0 bridgehead atoms. The van der Waals surface area contributed by atoms with Crippen LogP contribution in [-0.4, -0.2) is 10.9 Å². The molecule has 1 amide bonds. The third-order valence-electron chi connectivity index (χ3n) is 2.91. The predicted molar refractivity (Wildman–Crippen MR) is 81.0 cm³/mol. The summed E-state index contributed by atoms with van der Waals surface area (Å²) in [4.78, 5) is 16.3. The highest BCUT2D eigenvalue weighted by Crippen LogP contribution is 2.16. The van der Waals surface area contributed by atoms with E-state index >= 15 is 0 Å². The molecule has 0 spiro atoms. The fraction of sp³-hybridized carbons (Fsp3) is 0.286. The second-order valence-electron chi connectivity index (χ2n) is 4.37. The van der Waals surface area contributed by atoms with Crippen LogP contribution in [0.15, 0.2) is 22.6 Å². The van der Waals surface area contributed by atoms with Crippen molar-refractivity contribution >= 4 is 28.5 Å². The van der Waals surface area contributed by atoms with E-state index in [-0.39, 0.29) is 5.91 Å². The van der Waals surface area contributed by atoms with Crippen LogP contribution in [0, 0.1) is 24.3 Å². The van der Waals surface area contributed by atoms with E-state index in [1.165, 1.54) is 0 Å². The molecular weight excluding hydrogens is 355 g/mol. The molecule has 1 aromatic carbocycles. The zero-order valence-electron chi connectivity index (χ0n) is 11.1. The Labute approximate surface area is 125 Å². The third-order valence-corrected chi connectivity index (χ3v) is 4.34. The van der Waals surface area contributed by atoms with Crippen molar-refractivity contribution in [2.45, 2.75) is 27.3 Å². The number of halogens is 1. The first kappa shape index (κ1) is 14.0. The lowest BCUT2D eigenvalue weighted by molar-refractivity contribution is 0.0946. The smallest absolute Gasteiger partial charge is 0.252 e. The molecule has 0 aliphatic heterocycles. The van der Waals surface area contributed by atoms with Gasteiger partial charge in [-0.15, -0.1) is 0 Å². The Morgan fingerprint density at radius 2 is 2.11 bits per heavy atom. The Kier molecular flexibility index (Phi) is 4.24. The van der Waals surface area contributed by atoms with E-state index in [2.05, 4.69) is 32.9 Å². The molecule has 0 unspecified atom stereocenters. The maximum atomic E-state index is 12.1. The minimum absolute atomic E-state index is 0.110. The molecule has 0 radical (unpaired) electrons. The van der Waals surface area contributed by atoms with Crippen molar-refractivity contribution in [3.63, 3.8) is 0 Å². The second-order valence-corrected chi connectivity index (χ2v) is 5.45. The Morgan fingerprint density at radius 1 is 1.37 bits per heavy atom. The van der Waals surface area contributed by atoms with Crippen molar-refractivity contribution in [3.05, 3.63) is 50.2 Å². The number of oxazole rings is 1. The molecule has 1 N–H and O–H groups in total. The van der Waals surface area contributed by atoms with Gasteiger partial charge < -0.3 is 9.73 Å². The van der Waals surface area contributed by atoms with E-state index < -0.39 is 0 Å². The number of aromatic nitrogens is 1. The normalized spacial score (nSPS) is 10.5. The average Bonchev–Trinajstić information content (AvgIpc) is 2.69. The first-order valence-corrected chi connectivity index (χ1v) is 7.03. The fourth-order valence-electron chi connectivity index (χ4n) is 1.69. The molecule has 0 saturated carbocycles. The molecule has 0 saturated heterocycles. The predicted octanol–water partition coefficient (Wildman–Crippen LogP) is 3.13. The van der Waals surface area contributed by atoms with Gasteiger partial charge in [-0.3, -0.25) is 4.79 Å². The Balaban J connectivity index is 2.07. The van der Waals surface area contributed by atoms with Gasteiger partial charge >= 0.3 is 0 Å². The summed E-state index contributed by atoms with van der Waals surface area (Å²) in [6.45, 7) is 6.03. The van der Waals surface area contributed by atoms with Gasteiger partial charge in [-0.2, -0.15) is 0 Å². The summed E-state index contributed by atoms with van der Waals surface area (Å²) in [6.07, 6.45) is 0. The van der Waals surface area contributed by atoms with Crippen molar-refractivity contribution in [2.24, 2.45) is 0 Å². The van der Waals surface area contributed by atoms with Crippen molar-refractivity contribution in [3.8, 4) is 0 Å². The topological polar surface area (TPSA) is 55.1 Å². The van der Waals surface area contributed by atoms with Gasteiger partial charge in [0.2, 0.25) is 5.89 Å². The molecule has 2 rings (SSSR count). The monoisotopic (exact) mass is 370 g/mol. The number of nitrogens with one attached hydrogen (secondary N) is 1. The summed E-state index contributed by atoms with van der Waals surface area (Å²) < 4.78 is 6.40. The van der Waals surface area contributed by atoms with Crippen molar-refractivity contribution < 1.29 is 9.21 Å². The van der Waals surface area contributed by atoms with Gasteiger partial charge in [-0.25, -0.2) is 4.98 Å². The van der Waals surface area contributed by atoms with Crippen LogP contribution >= 0.6 is 22.6 Å². The minimum Gasteiger partial charge on any atom is -0.444 e. The van der Waals surface area contributed by atoms with Crippen LogP contribution in [0.5, 0.6) is 0 Å². The number of hydrogen-bond acceptors (Lipinski definition) is 3. The van der Waals surface area contributed by atoms with E-state index in [1.54, 1.807) is 0 Å². The van der Waals surface area contributed by atoms with Crippen LogP contribution in [-0.2, 0) is 6.54 Å². The standard InChI is InChI=1S/C14H15IN2O2/c1-8-5-4-6-11(13(8)15)14(18)16-7-12-17-9(2)10(3)19-12/h4-6H,7H2,1-3H3,(H,16,18). The summed E-state index contributed by atoms with van der Waals surface area (Å²) in [5.41, 5.74) is 2.63. The summed E-state index contributed by atoms with van der Waals surface area (Å²) >= 11 is 2.18. The van der Waals surface area contributed by atoms with E-state index in [0.717, 1.165) is 20.6 Å². The number of carbonyl (C=O) groups excluding carboxylic acids is 1. The SMILES string of the molecule is Cc1cccc(C(=O)NCc2nc(C)c(C)o2)c1I. The van der Waals surface area contributed by atoms with Crippen molar-refractivity contribution in [2.75, 3.05) is 0 Å². The molecule has 1 aromatic heterocycles. The first-order valence-electron chi connectivity index (χ1n) is 5.95. The highest BCUT2D eigenvalue weighted by molar-refractivity contribution is 14.1. The Hall–Kier alpha value is -1.37. The van der Waals surface area contributed by atoms with Gasteiger partial charge in [-0.1, -0.05) is 12.1 Å². The second kappa shape index (κ2) is 5.73. The Bertz CT molecular complexity index is 600. The zero-order valence-corrected chi connectivity index (χ0v) is 13.2. The van der Waals surface area contributed by atoms with E-state index in [9.17, 15) is 4.79 Å². The third kappa shape index (κ3) is 3.15. The quantitative estimate of drug-likeness (QED) is 0.845. The van der Waals surface area contributed by atoms with E-state index in [1.807, 2.05) is 39.0 Å². The van der Waals surface area contributed by atoms with Gasteiger partial charge in [0.1, 0.15) is 5.76 Å². The molecule has 2 aromatic rings. The first-order chi connectivity index (χ1) is 8.99. The largest absolute Gasteiger partial charge is 0.444 e. The number of aryl methyl sites for hydroxylation is 3. The highest BCUT2D eigenvalue weighted by Gasteiger charge is 2.12. The van der Waals surface area contributed by atoms with Gasteiger partial charge in [0.05, 0.1) is 17.8 Å². The van der Waals surface area contributed by atoms with Gasteiger partial charge in [0.15, 0.2) is 0 Å².